The maximum atomic E-state index is 16.0. The van der Waals surface area contributed by atoms with E-state index in [0.717, 1.165) is 44.1 Å². The Morgan fingerprint density at radius 1 is 0.903 bits per heavy atom. The zero-order valence-corrected chi connectivity index (χ0v) is 37.7. The first kappa shape index (κ1) is 46.3. The number of aromatic nitrogens is 2. The Bertz CT molecular complexity index is 2280. The summed E-state index contributed by atoms with van der Waals surface area (Å²) in [4.78, 5) is 17.9. The van der Waals surface area contributed by atoms with Crippen LogP contribution >= 0.6 is 8.53 Å². The zero-order valence-electron chi connectivity index (χ0n) is 36.8. The van der Waals surface area contributed by atoms with Crippen LogP contribution in [0.25, 0.3) is 0 Å². The molecular formula is C48H56FN4O8P. The Morgan fingerprint density at radius 2 is 1.47 bits per heavy atom. The van der Waals surface area contributed by atoms with Gasteiger partial charge in [-0.1, -0.05) is 72.3 Å². The third kappa shape index (κ3) is 10.4. The largest absolute Gasteiger partial charge is 0.497 e. The van der Waals surface area contributed by atoms with Crippen molar-refractivity contribution in [2.45, 2.75) is 97.4 Å². The van der Waals surface area contributed by atoms with E-state index in [4.69, 9.17) is 32.7 Å². The summed E-state index contributed by atoms with van der Waals surface area (Å²) >= 11 is 0. The van der Waals surface area contributed by atoms with Crippen LogP contribution in [0.3, 0.4) is 0 Å². The lowest BCUT2D eigenvalue weighted by Crippen LogP contribution is -2.39. The number of hydrogen-bond donors (Lipinski definition) is 0. The number of aryl methyl sites for hydroxylation is 3. The van der Waals surface area contributed by atoms with Gasteiger partial charge in [-0.2, -0.15) is 14.6 Å². The van der Waals surface area contributed by atoms with Gasteiger partial charge >= 0.3 is 5.69 Å². The van der Waals surface area contributed by atoms with Crippen molar-refractivity contribution in [3.05, 3.63) is 147 Å². The minimum atomic E-state index is -1.76. The Balaban J connectivity index is 1.42. The average molecular weight is 867 g/mol. The van der Waals surface area contributed by atoms with E-state index in [2.05, 4.69) is 43.4 Å². The molecule has 1 fully saturated rings. The smallest absolute Gasteiger partial charge is 0.353 e. The Labute approximate surface area is 365 Å². The Hall–Kier alpha value is -5.19. The molecule has 0 aliphatic carbocycles. The van der Waals surface area contributed by atoms with Crippen molar-refractivity contribution in [3.8, 4) is 29.2 Å². The van der Waals surface area contributed by atoms with Crippen molar-refractivity contribution in [1.29, 1.82) is 5.26 Å². The van der Waals surface area contributed by atoms with Crippen LogP contribution in [0, 0.1) is 37.9 Å². The van der Waals surface area contributed by atoms with E-state index in [1.54, 1.807) is 14.2 Å². The summed E-state index contributed by atoms with van der Waals surface area (Å²) in [5.74, 6) is 0.522. The van der Waals surface area contributed by atoms with Crippen LogP contribution in [0.4, 0.5) is 4.39 Å². The molecule has 6 rings (SSSR count). The molecule has 1 aliphatic heterocycles. The average Bonchev–Trinajstić information content (AvgIpc) is 3.65. The van der Waals surface area contributed by atoms with Crippen molar-refractivity contribution in [3.63, 3.8) is 0 Å². The number of rotatable bonds is 19. The molecule has 0 amide bonds. The van der Waals surface area contributed by atoms with Gasteiger partial charge in [0.05, 0.1) is 52.2 Å². The fraction of sp³-hybridized carbons (Fsp3) is 0.396. The molecule has 0 radical (unpaired) electrons. The monoisotopic (exact) mass is 866 g/mol. The second-order valence-corrected chi connectivity index (χ2v) is 17.2. The van der Waals surface area contributed by atoms with Crippen molar-refractivity contribution >= 4 is 8.53 Å². The van der Waals surface area contributed by atoms with E-state index in [9.17, 15) is 10.1 Å². The highest BCUT2D eigenvalue weighted by Gasteiger charge is 2.45. The highest BCUT2D eigenvalue weighted by atomic mass is 31.2. The van der Waals surface area contributed by atoms with Gasteiger partial charge in [-0.05, 0) is 101 Å². The predicted molar refractivity (Wildman–Crippen MR) is 236 cm³/mol. The van der Waals surface area contributed by atoms with Gasteiger partial charge in [0.15, 0.2) is 0 Å². The molecular weight excluding hydrogens is 811 g/mol. The summed E-state index contributed by atoms with van der Waals surface area (Å²) in [5, 5.41) is 9.39. The topological polar surface area (TPSA) is 127 Å². The molecule has 5 aromatic rings. The van der Waals surface area contributed by atoms with Crippen molar-refractivity contribution in [1.82, 2.24) is 14.2 Å². The predicted octanol–water partition coefficient (Wildman–Crippen LogP) is 10.1. The van der Waals surface area contributed by atoms with Gasteiger partial charge in [0, 0.05) is 18.5 Å². The lowest BCUT2D eigenvalue weighted by atomic mass is 9.80. The number of hydrogen-bond acceptors (Lipinski definition) is 11. The van der Waals surface area contributed by atoms with Crippen LogP contribution in [0.1, 0.15) is 80.1 Å². The summed E-state index contributed by atoms with van der Waals surface area (Å²) < 4.78 is 63.5. The first-order valence-corrected chi connectivity index (χ1v) is 21.9. The first-order valence-electron chi connectivity index (χ1n) is 20.7. The molecule has 1 aliphatic rings. The minimum absolute atomic E-state index is 0.0150. The fourth-order valence-corrected chi connectivity index (χ4v) is 9.71. The van der Waals surface area contributed by atoms with Crippen LogP contribution in [0.15, 0.2) is 102 Å². The second kappa shape index (κ2) is 20.8. The van der Waals surface area contributed by atoms with Gasteiger partial charge in [0.25, 0.3) is 14.4 Å². The molecule has 1 saturated heterocycles. The van der Waals surface area contributed by atoms with E-state index >= 15 is 4.39 Å². The summed E-state index contributed by atoms with van der Waals surface area (Å²) in [6.07, 6.45) is -1.18. The highest BCUT2D eigenvalue weighted by molar-refractivity contribution is 7.44. The number of ether oxygens (including phenoxy) is 5. The summed E-state index contributed by atoms with van der Waals surface area (Å²) in [7, 11) is 1.48. The van der Waals surface area contributed by atoms with Crippen molar-refractivity contribution < 1.29 is 37.1 Å². The van der Waals surface area contributed by atoms with Gasteiger partial charge in [-0.15, -0.1) is 0 Å². The van der Waals surface area contributed by atoms with Crippen LogP contribution in [0.5, 0.6) is 23.1 Å². The molecule has 0 bridgehead atoms. The number of nitriles is 1. The number of benzene rings is 4. The van der Waals surface area contributed by atoms with E-state index in [0.29, 0.717) is 17.2 Å². The van der Waals surface area contributed by atoms with E-state index < -0.39 is 50.0 Å². The SMILES string of the molecule is COc1ccc(C(OC[C@H]2O[C@@H](n3cc(F)c(Oc4c(C)cc(C)cc4C)nc3=O)C[C@@H]2OP(OCCC#N)N(C(C)C)C(C)C)(c2ccccc2)c2ccc(OC)cc2)cc1. The van der Waals surface area contributed by atoms with Gasteiger partial charge in [0.1, 0.15) is 35.2 Å². The molecule has 4 aromatic carbocycles. The molecule has 62 heavy (non-hydrogen) atoms. The van der Waals surface area contributed by atoms with E-state index in [-0.39, 0.29) is 38.1 Å². The molecule has 12 nitrogen and oxygen atoms in total. The molecule has 14 heteroatoms. The maximum absolute atomic E-state index is 16.0. The zero-order chi connectivity index (χ0) is 44.6. The van der Waals surface area contributed by atoms with Crippen molar-refractivity contribution in [2.75, 3.05) is 27.4 Å². The number of halogens is 1. The van der Waals surface area contributed by atoms with Crippen LogP contribution < -0.4 is 19.9 Å². The van der Waals surface area contributed by atoms with Gasteiger partial charge in [0.2, 0.25) is 5.82 Å². The van der Waals surface area contributed by atoms with Crippen LogP contribution in [-0.4, -0.2) is 65.9 Å². The summed E-state index contributed by atoms with van der Waals surface area (Å²) in [6, 6.07) is 31.3. The molecule has 0 N–H and O–H groups in total. The molecule has 328 valence electrons. The Kier molecular flexibility index (Phi) is 15.5. The third-order valence-corrected chi connectivity index (χ3v) is 12.8. The maximum Gasteiger partial charge on any atom is 0.353 e. The summed E-state index contributed by atoms with van der Waals surface area (Å²) in [6.45, 7) is 14.0. The van der Waals surface area contributed by atoms with Gasteiger partial charge < -0.3 is 32.7 Å². The molecule has 0 saturated carbocycles. The lowest BCUT2D eigenvalue weighted by Gasteiger charge is -2.39. The molecule has 4 atom stereocenters. The van der Waals surface area contributed by atoms with E-state index in [1.165, 1.54) is 0 Å². The van der Waals surface area contributed by atoms with E-state index in [1.807, 2.05) is 112 Å². The first-order chi connectivity index (χ1) is 29.8. The Morgan fingerprint density at radius 3 is 2.00 bits per heavy atom. The van der Waals surface area contributed by atoms with Crippen LogP contribution in [0.2, 0.25) is 0 Å². The van der Waals surface area contributed by atoms with Gasteiger partial charge in [-0.25, -0.2) is 9.46 Å². The normalized spacial score (nSPS) is 17.1. The molecule has 1 unspecified atom stereocenters. The standard InChI is InChI=1S/C48H56FN4O8P/c1-31(2)53(32(3)4)62(58-25-13-24-50)61-42-28-44(52-29-41(49)46(51-47(52)54)60-45-34(6)26-33(5)27-35(45)7)59-43(42)30-57-48(36-14-11-10-12-15-36,37-16-20-39(55-8)21-17-37)38-18-22-40(56-9)23-19-38/h10-12,14-23,26-27,29,31-32,42-44H,13,25,28,30H2,1-9H3/t42-,43+,44+,62?/m0/s1. The summed E-state index contributed by atoms with van der Waals surface area (Å²) in [5.41, 5.74) is 3.11. The lowest BCUT2D eigenvalue weighted by molar-refractivity contribution is -0.0927. The number of nitrogens with zero attached hydrogens (tertiary/aromatic N) is 4. The fourth-order valence-electron chi connectivity index (χ4n) is 7.96. The van der Waals surface area contributed by atoms with Crippen LogP contribution in [-0.2, 0) is 24.1 Å². The van der Waals surface area contributed by atoms with Gasteiger partial charge in [-0.3, -0.25) is 4.57 Å². The number of methoxy groups -OCH3 is 2. The second-order valence-electron chi connectivity index (χ2n) is 15.8. The third-order valence-electron chi connectivity index (χ3n) is 10.7. The molecule has 0 spiro atoms. The minimum Gasteiger partial charge on any atom is -0.497 e. The van der Waals surface area contributed by atoms with Crippen molar-refractivity contribution in [2.24, 2.45) is 0 Å². The molecule has 2 heterocycles. The molecule has 1 aromatic heterocycles. The quantitative estimate of drug-likeness (QED) is 0.0447. The highest BCUT2D eigenvalue weighted by Crippen LogP contribution is 2.51.